The lowest BCUT2D eigenvalue weighted by molar-refractivity contribution is -0.132. The summed E-state index contributed by atoms with van der Waals surface area (Å²) >= 11 is 0. The molecule has 2 aliphatic rings. The number of carbonyl (C=O) groups excluding carboxylic acids is 3. The van der Waals surface area contributed by atoms with Gasteiger partial charge in [-0.1, -0.05) is 57.4 Å². The fraction of sp³-hybridized carbons (Fsp3) is 0.450. The van der Waals surface area contributed by atoms with Crippen LogP contribution in [0.1, 0.15) is 63.0 Å². The summed E-state index contributed by atoms with van der Waals surface area (Å²) in [5, 5.41) is 2.32. The average Bonchev–Trinajstić information content (AvgIpc) is 2.60. The number of barbiturate groups is 1. The molecule has 1 saturated heterocycles. The van der Waals surface area contributed by atoms with Crippen LogP contribution in [0.5, 0.6) is 0 Å². The molecule has 2 fully saturated rings. The highest BCUT2D eigenvalue weighted by molar-refractivity contribution is 6.31. The smallest absolute Gasteiger partial charge is 0.273 e. The molecular weight excluding hydrogens is 316 g/mol. The van der Waals surface area contributed by atoms with Crippen LogP contribution in [0.3, 0.4) is 0 Å². The average molecular weight is 340 g/mol. The Morgan fingerprint density at radius 3 is 2.28 bits per heavy atom. The topological polar surface area (TPSA) is 66.5 Å². The number of amides is 4. The van der Waals surface area contributed by atoms with Gasteiger partial charge >= 0.3 is 6.03 Å². The highest BCUT2D eigenvalue weighted by Crippen LogP contribution is 2.26. The molecule has 1 saturated carbocycles. The van der Waals surface area contributed by atoms with Crippen LogP contribution in [0.25, 0.3) is 6.08 Å². The first-order valence-electron chi connectivity index (χ1n) is 8.98. The molecule has 3 rings (SSSR count). The van der Waals surface area contributed by atoms with E-state index < -0.39 is 17.8 Å². The summed E-state index contributed by atoms with van der Waals surface area (Å²) in [6, 6.07) is 7.07. The molecule has 1 aliphatic carbocycles. The zero-order valence-electron chi connectivity index (χ0n) is 14.7. The molecule has 0 aromatic heterocycles. The predicted molar refractivity (Wildman–Crippen MR) is 95.8 cm³/mol. The van der Waals surface area contributed by atoms with E-state index in [0.717, 1.165) is 37.7 Å². The summed E-state index contributed by atoms with van der Waals surface area (Å²) in [4.78, 5) is 38.4. The molecule has 0 spiro atoms. The van der Waals surface area contributed by atoms with Crippen LogP contribution in [0.15, 0.2) is 29.8 Å². The molecule has 4 amide bonds. The molecule has 1 aromatic rings. The normalized spacial score (nSPS) is 21.2. The summed E-state index contributed by atoms with van der Waals surface area (Å²) < 4.78 is 0. The molecule has 0 bridgehead atoms. The van der Waals surface area contributed by atoms with Crippen molar-refractivity contribution in [3.63, 3.8) is 0 Å². The van der Waals surface area contributed by atoms with Crippen molar-refractivity contribution in [3.8, 4) is 0 Å². The molecule has 0 radical (unpaired) electrons. The predicted octanol–water partition coefficient (Wildman–Crippen LogP) is 3.60. The Morgan fingerprint density at radius 1 is 1.04 bits per heavy atom. The first-order chi connectivity index (χ1) is 12.0. The number of hydrogen-bond acceptors (Lipinski definition) is 3. The van der Waals surface area contributed by atoms with Gasteiger partial charge in [0.1, 0.15) is 5.57 Å². The number of carbonyl (C=O) groups is 3. The van der Waals surface area contributed by atoms with Crippen molar-refractivity contribution in [1.29, 1.82) is 0 Å². The van der Waals surface area contributed by atoms with E-state index in [-0.39, 0.29) is 11.6 Å². The molecule has 25 heavy (non-hydrogen) atoms. The van der Waals surface area contributed by atoms with Gasteiger partial charge < -0.3 is 0 Å². The Bertz CT molecular complexity index is 713. The van der Waals surface area contributed by atoms with Gasteiger partial charge in [-0.3, -0.25) is 19.8 Å². The molecule has 0 unspecified atom stereocenters. The van der Waals surface area contributed by atoms with Crippen LogP contribution in [-0.4, -0.2) is 28.8 Å². The van der Waals surface area contributed by atoms with Crippen LogP contribution in [0, 0.1) is 0 Å². The SMILES string of the molecule is CC(C)c1ccc(/C=C2/C(=O)NC(=O)N(C3CCCCC3)C2=O)cc1. The van der Waals surface area contributed by atoms with Crippen LogP contribution >= 0.6 is 0 Å². The van der Waals surface area contributed by atoms with Crippen molar-refractivity contribution in [2.45, 2.75) is 57.9 Å². The van der Waals surface area contributed by atoms with Gasteiger partial charge in [-0.2, -0.15) is 0 Å². The Kier molecular flexibility index (Phi) is 5.02. The number of hydrogen-bond donors (Lipinski definition) is 1. The van der Waals surface area contributed by atoms with Crippen molar-refractivity contribution in [2.24, 2.45) is 0 Å². The second kappa shape index (κ2) is 7.21. The Morgan fingerprint density at radius 2 is 1.68 bits per heavy atom. The molecule has 1 aromatic carbocycles. The van der Waals surface area contributed by atoms with E-state index in [9.17, 15) is 14.4 Å². The number of nitrogens with one attached hydrogen (secondary N) is 1. The largest absolute Gasteiger partial charge is 0.331 e. The molecule has 0 atom stereocenters. The molecule has 132 valence electrons. The van der Waals surface area contributed by atoms with E-state index in [0.29, 0.717) is 5.92 Å². The molecule has 1 aliphatic heterocycles. The number of nitrogens with zero attached hydrogens (tertiary/aromatic N) is 1. The zero-order valence-corrected chi connectivity index (χ0v) is 14.7. The third kappa shape index (κ3) is 3.65. The maximum Gasteiger partial charge on any atom is 0.331 e. The number of urea groups is 1. The van der Waals surface area contributed by atoms with E-state index in [4.69, 9.17) is 0 Å². The number of benzene rings is 1. The van der Waals surface area contributed by atoms with E-state index >= 15 is 0 Å². The minimum Gasteiger partial charge on any atom is -0.273 e. The highest BCUT2D eigenvalue weighted by Gasteiger charge is 2.40. The minimum absolute atomic E-state index is 0.0301. The third-order valence-electron chi connectivity index (χ3n) is 4.99. The van der Waals surface area contributed by atoms with Crippen molar-refractivity contribution >= 4 is 23.9 Å². The zero-order chi connectivity index (χ0) is 18.0. The van der Waals surface area contributed by atoms with Crippen molar-refractivity contribution in [2.75, 3.05) is 0 Å². The second-order valence-corrected chi connectivity index (χ2v) is 7.11. The van der Waals surface area contributed by atoms with E-state index in [1.807, 2.05) is 24.3 Å². The van der Waals surface area contributed by atoms with Crippen molar-refractivity contribution < 1.29 is 14.4 Å². The van der Waals surface area contributed by atoms with E-state index in [2.05, 4.69) is 19.2 Å². The highest BCUT2D eigenvalue weighted by atomic mass is 16.2. The maximum absolute atomic E-state index is 12.8. The van der Waals surface area contributed by atoms with Gasteiger partial charge in [-0.15, -0.1) is 0 Å². The minimum atomic E-state index is -0.616. The van der Waals surface area contributed by atoms with Gasteiger partial charge in [0.15, 0.2) is 0 Å². The van der Waals surface area contributed by atoms with Gasteiger partial charge in [0.2, 0.25) is 0 Å². The summed E-state index contributed by atoms with van der Waals surface area (Å²) in [7, 11) is 0. The van der Waals surface area contributed by atoms with Gasteiger partial charge in [-0.05, 0) is 36.0 Å². The van der Waals surface area contributed by atoms with Gasteiger partial charge in [0.05, 0.1) is 0 Å². The third-order valence-corrected chi connectivity index (χ3v) is 4.99. The Labute approximate surface area is 148 Å². The van der Waals surface area contributed by atoms with E-state index in [1.54, 1.807) is 6.08 Å². The number of rotatable bonds is 3. The van der Waals surface area contributed by atoms with Crippen molar-refractivity contribution in [1.82, 2.24) is 10.2 Å². The molecule has 1 N–H and O–H groups in total. The summed E-state index contributed by atoms with van der Waals surface area (Å²) in [6.07, 6.45) is 6.33. The fourth-order valence-corrected chi connectivity index (χ4v) is 3.49. The first-order valence-corrected chi connectivity index (χ1v) is 8.98. The summed E-state index contributed by atoms with van der Waals surface area (Å²) in [6.45, 7) is 4.22. The van der Waals surface area contributed by atoms with Crippen LogP contribution in [0.2, 0.25) is 0 Å². The second-order valence-electron chi connectivity index (χ2n) is 7.11. The monoisotopic (exact) mass is 340 g/mol. The lowest BCUT2D eigenvalue weighted by Crippen LogP contribution is -2.58. The molecule has 1 heterocycles. The first kappa shape index (κ1) is 17.4. The van der Waals surface area contributed by atoms with Crippen LogP contribution in [0.4, 0.5) is 4.79 Å². The number of imide groups is 2. The Balaban J connectivity index is 1.87. The lowest BCUT2D eigenvalue weighted by Gasteiger charge is -2.35. The Hall–Kier alpha value is -2.43. The quantitative estimate of drug-likeness (QED) is 0.675. The molecule has 5 nitrogen and oxygen atoms in total. The van der Waals surface area contributed by atoms with Crippen LogP contribution in [-0.2, 0) is 9.59 Å². The molecule has 5 heteroatoms. The maximum atomic E-state index is 12.8. The standard InChI is InChI=1S/C20H24N2O3/c1-13(2)15-10-8-14(9-11-15)12-17-18(23)21-20(25)22(19(17)24)16-6-4-3-5-7-16/h8-13,16H,3-7H2,1-2H3,(H,21,23,25)/b17-12-. The molecular formula is C20H24N2O3. The van der Waals surface area contributed by atoms with Crippen LogP contribution < -0.4 is 5.32 Å². The lowest BCUT2D eigenvalue weighted by atomic mass is 9.93. The van der Waals surface area contributed by atoms with E-state index in [1.165, 1.54) is 10.5 Å². The summed E-state index contributed by atoms with van der Waals surface area (Å²) in [5.41, 5.74) is 2.00. The van der Waals surface area contributed by atoms with Crippen molar-refractivity contribution in [3.05, 3.63) is 41.0 Å². The van der Waals surface area contributed by atoms with Gasteiger partial charge in [-0.25, -0.2) is 4.79 Å². The fourth-order valence-electron chi connectivity index (χ4n) is 3.49. The van der Waals surface area contributed by atoms with Gasteiger partial charge in [0.25, 0.3) is 11.8 Å². The summed E-state index contributed by atoms with van der Waals surface area (Å²) in [5.74, 6) is -0.677. The van der Waals surface area contributed by atoms with Gasteiger partial charge in [0, 0.05) is 6.04 Å².